The van der Waals surface area contributed by atoms with Crippen LogP contribution in [0.3, 0.4) is 0 Å². The van der Waals surface area contributed by atoms with Crippen molar-refractivity contribution in [3.63, 3.8) is 0 Å². The highest BCUT2D eigenvalue weighted by Gasteiger charge is 2.28. The van der Waals surface area contributed by atoms with Crippen LogP contribution >= 0.6 is 11.6 Å². The maximum absolute atomic E-state index is 12.6. The lowest BCUT2D eigenvalue weighted by atomic mass is 9.97. The van der Waals surface area contributed by atoms with E-state index >= 15 is 0 Å². The zero-order chi connectivity index (χ0) is 20.5. The summed E-state index contributed by atoms with van der Waals surface area (Å²) in [4.78, 5) is 24.5. The smallest absolute Gasteiger partial charge is 0.407 e. The van der Waals surface area contributed by atoms with E-state index in [1.165, 1.54) is 14.2 Å². The number of rotatable bonds is 7. The van der Waals surface area contributed by atoms with Crippen molar-refractivity contribution in [1.29, 1.82) is 0 Å². The molecule has 0 spiro atoms. The number of nitrogens with one attached hydrogen (secondary N) is 2. The Balaban J connectivity index is 2.42. The molecule has 0 saturated carbocycles. The molecule has 2 N–H and O–H groups in total. The van der Waals surface area contributed by atoms with Crippen molar-refractivity contribution in [3.8, 4) is 0 Å². The topological polar surface area (TPSA) is 76.7 Å². The third-order valence-corrected chi connectivity index (χ3v) is 4.40. The van der Waals surface area contributed by atoms with Crippen LogP contribution in [0.2, 0.25) is 5.02 Å². The summed E-state index contributed by atoms with van der Waals surface area (Å²) in [7, 11) is 2.56. The Hall–Kier alpha value is -2.99. The van der Waals surface area contributed by atoms with Gasteiger partial charge in [0.15, 0.2) is 0 Å². The van der Waals surface area contributed by atoms with Gasteiger partial charge in [-0.3, -0.25) is 0 Å². The Morgan fingerprint density at radius 2 is 1.64 bits per heavy atom. The van der Waals surface area contributed by atoms with Crippen molar-refractivity contribution in [2.24, 2.45) is 0 Å². The van der Waals surface area contributed by atoms with Crippen LogP contribution in [0.5, 0.6) is 0 Å². The number of methoxy groups -OCH3 is 2. The van der Waals surface area contributed by atoms with Crippen molar-refractivity contribution in [2.45, 2.75) is 19.5 Å². The van der Waals surface area contributed by atoms with E-state index in [1.54, 1.807) is 31.2 Å². The summed E-state index contributed by atoms with van der Waals surface area (Å²) < 4.78 is 9.70. The van der Waals surface area contributed by atoms with Crippen molar-refractivity contribution in [3.05, 3.63) is 82.0 Å². The second-order valence-corrected chi connectivity index (χ2v) is 6.43. The van der Waals surface area contributed by atoms with Gasteiger partial charge in [0.2, 0.25) is 0 Å². The van der Waals surface area contributed by atoms with E-state index in [1.807, 2.05) is 30.3 Å². The molecule has 0 aliphatic heterocycles. The zero-order valence-corrected chi connectivity index (χ0v) is 16.7. The van der Waals surface area contributed by atoms with E-state index in [2.05, 4.69) is 10.6 Å². The molecule has 2 rings (SSSR count). The van der Waals surface area contributed by atoms with Crippen LogP contribution in [0.4, 0.5) is 4.79 Å². The molecule has 1 unspecified atom stereocenters. The number of allylic oxidation sites excluding steroid dienone is 1. The molecule has 0 saturated heterocycles. The van der Waals surface area contributed by atoms with Gasteiger partial charge in [-0.25, -0.2) is 9.59 Å². The van der Waals surface area contributed by atoms with E-state index in [4.69, 9.17) is 21.1 Å². The first kappa shape index (κ1) is 21.3. The van der Waals surface area contributed by atoms with E-state index in [9.17, 15) is 9.59 Å². The van der Waals surface area contributed by atoms with Gasteiger partial charge in [-0.15, -0.1) is 0 Å². The van der Waals surface area contributed by atoms with Gasteiger partial charge < -0.3 is 20.1 Å². The normalized spacial score (nSPS) is 12.4. The van der Waals surface area contributed by atoms with Crippen LogP contribution in [-0.2, 0) is 20.8 Å². The first-order valence-corrected chi connectivity index (χ1v) is 9.01. The minimum Gasteiger partial charge on any atom is -0.466 e. The molecular weight excluding hydrogens is 380 g/mol. The van der Waals surface area contributed by atoms with E-state index in [0.29, 0.717) is 22.8 Å². The van der Waals surface area contributed by atoms with Crippen molar-refractivity contribution in [2.75, 3.05) is 14.2 Å². The van der Waals surface area contributed by atoms with Gasteiger partial charge in [-0.05, 0) is 30.2 Å². The van der Waals surface area contributed by atoms with Gasteiger partial charge in [0.1, 0.15) is 0 Å². The molecule has 0 aliphatic carbocycles. The first-order chi connectivity index (χ1) is 13.5. The monoisotopic (exact) mass is 402 g/mol. The number of carbonyl (C=O) groups is 2. The Morgan fingerprint density at radius 3 is 2.21 bits per heavy atom. The lowest BCUT2D eigenvalue weighted by Gasteiger charge is -2.23. The molecule has 1 amide bonds. The summed E-state index contributed by atoms with van der Waals surface area (Å²) in [5, 5.41) is 6.47. The predicted octanol–water partition coefficient (Wildman–Crippen LogP) is 3.97. The van der Waals surface area contributed by atoms with Crippen LogP contribution in [-0.4, -0.2) is 26.3 Å². The number of hydrogen-bond donors (Lipinski definition) is 2. The lowest BCUT2D eigenvalue weighted by Crippen LogP contribution is -2.34. The van der Waals surface area contributed by atoms with Crippen molar-refractivity contribution < 1.29 is 19.1 Å². The minimum atomic E-state index is -0.777. The van der Waals surface area contributed by atoms with Crippen molar-refractivity contribution in [1.82, 2.24) is 10.6 Å². The molecule has 0 aliphatic rings. The standard InChI is InChI=1S/C21H23ClN2O4/c1-14(23-13-15-7-5-4-6-8-15)18(20(25)27-2)19(24-21(26)28-3)16-9-11-17(22)12-10-16/h4-12,19,23H,13H2,1-3H3,(H,24,26)/b18-14-. The Morgan fingerprint density at radius 1 is 1.00 bits per heavy atom. The summed E-state index contributed by atoms with van der Waals surface area (Å²) >= 11 is 5.97. The Bertz CT molecular complexity index is 835. The number of halogens is 1. The summed E-state index contributed by atoms with van der Waals surface area (Å²) in [6.07, 6.45) is -0.669. The molecule has 148 valence electrons. The van der Waals surface area contributed by atoms with Gasteiger partial charge in [-0.1, -0.05) is 54.1 Å². The number of alkyl carbamates (subject to hydrolysis) is 1. The third-order valence-electron chi connectivity index (χ3n) is 4.15. The van der Waals surface area contributed by atoms with Crippen LogP contribution < -0.4 is 10.6 Å². The molecule has 7 heteroatoms. The van der Waals surface area contributed by atoms with Crippen LogP contribution in [0.25, 0.3) is 0 Å². The molecule has 28 heavy (non-hydrogen) atoms. The Kier molecular flexibility index (Phi) is 7.89. The average Bonchev–Trinajstić information content (AvgIpc) is 2.72. The molecule has 0 fully saturated rings. The van der Waals surface area contributed by atoms with Gasteiger partial charge >= 0.3 is 12.1 Å². The molecule has 0 radical (unpaired) electrons. The summed E-state index contributed by atoms with van der Waals surface area (Å²) in [6, 6.07) is 15.8. The predicted molar refractivity (Wildman–Crippen MR) is 108 cm³/mol. The number of amides is 1. The SMILES string of the molecule is COC(=O)NC(/C(C(=O)OC)=C(\C)NCc1ccccc1)c1ccc(Cl)cc1. The highest BCUT2D eigenvalue weighted by Crippen LogP contribution is 2.26. The highest BCUT2D eigenvalue weighted by molar-refractivity contribution is 6.30. The van der Waals surface area contributed by atoms with Gasteiger partial charge in [0.25, 0.3) is 0 Å². The first-order valence-electron chi connectivity index (χ1n) is 8.63. The molecule has 0 heterocycles. The average molecular weight is 403 g/mol. The summed E-state index contributed by atoms with van der Waals surface area (Å²) in [5.74, 6) is -0.561. The number of carbonyl (C=O) groups excluding carboxylic acids is 2. The lowest BCUT2D eigenvalue weighted by molar-refractivity contribution is -0.136. The van der Waals surface area contributed by atoms with E-state index in [-0.39, 0.29) is 5.57 Å². The maximum Gasteiger partial charge on any atom is 0.407 e. The summed E-state index contributed by atoms with van der Waals surface area (Å²) in [5.41, 5.74) is 2.56. The zero-order valence-electron chi connectivity index (χ0n) is 16.0. The van der Waals surface area contributed by atoms with Gasteiger partial charge in [0.05, 0.1) is 25.8 Å². The van der Waals surface area contributed by atoms with Crippen LogP contribution in [0, 0.1) is 0 Å². The molecular formula is C21H23ClN2O4. The van der Waals surface area contributed by atoms with Gasteiger partial charge in [0, 0.05) is 17.3 Å². The van der Waals surface area contributed by atoms with Crippen LogP contribution in [0.1, 0.15) is 24.1 Å². The molecule has 0 aromatic heterocycles. The number of ether oxygens (including phenoxy) is 2. The highest BCUT2D eigenvalue weighted by atomic mass is 35.5. The van der Waals surface area contributed by atoms with Gasteiger partial charge in [-0.2, -0.15) is 0 Å². The molecule has 1 atom stereocenters. The van der Waals surface area contributed by atoms with Crippen LogP contribution in [0.15, 0.2) is 65.9 Å². The number of esters is 1. The fourth-order valence-corrected chi connectivity index (χ4v) is 2.80. The largest absolute Gasteiger partial charge is 0.466 e. The number of benzene rings is 2. The second-order valence-electron chi connectivity index (χ2n) is 5.99. The second kappa shape index (κ2) is 10.4. The quantitative estimate of drug-likeness (QED) is 0.541. The maximum atomic E-state index is 12.6. The Labute approximate surface area is 169 Å². The number of hydrogen-bond acceptors (Lipinski definition) is 5. The van der Waals surface area contributed by atoms with E-state index in [0.717, 1.165) is 5.56 Å². The van der Waals surface area contributed by atoms with E-state index < -0.39 is 18.1 Å². The van der Waals surface area contributed by atoms with Crippen molar-refractivity contribution >= 4 is 23.7 Å². The molecule has 6 nitrogen and oxygen atoms in total. The molecule has 0 bridgehead atoms. The molecule has 2 aromatic carbocycles. The fourth-order valence-electron chi connectivity index (χ4n) is 2.68. The third kappa shape index (κ3) is 5.76. The molecule has 2 aromatic rings. The summed E-state index contributed by atoms with van der Waals surface area (Å²) in [6.45, 7) is 2.27. The fraction of sp³-hybridized carbons (Fsp3) is 0.238. The minimum absolute atomic E-state index is 0.270.